The van der Waals surface area contributed by atoms with Gasteiger partial charge in [0.05, 0.1) is 18.0 Å². The van der Waals surface area contributed by atoms with Crippen molar-refractivity contribution in [2.45, 2.75) is 30.2 Å². The Hall–Kier alpha value is -2.58. The lowest BCUT2D eigenvalue weighted by molar-refractivity contribution is 0.0833. The number of sulfonamides is 1. The van der Waals surface area contributed by atoms with Gasteiger partial charge in [-0.3, -0.25) is 9.89 Å². The quantitative estimate of drug-likeness (QED) is 0.791. The molecule has 0 bridgehead atoms. The number of phenols is 1. The van der Waals surface area contributed by atoms with Crippen LogP contribution in [0.5, 0.6) is 5.75 Å². The summed E-state index contributed by atoms with van der Waals surface area (Å²) in [5.74, 6) is 0.799. The van der Waals surface area contributed by atoms with Crippen LogP contribution >= 0.6 is 0 Å². The van der Waals surface area contributed by atoms with Crippen LogP contribution in [0.4, 0.5) is 0 Å². The third kappa shape index (κ3) is 3.90. The second-order valence-electron chi connectivity index (χ2n) is 8.44. The van der Waals surface area contributed by atoms with Gasteiger partial charge in [-0.1, -0.05) is 30.7 Å². The minimum absolute atomic E-state index is 0.206. The van der Waals surface area contributed by atoms with E-state index in [9.17, 15) is 13.5 Å². The van der Waals surface area contributed by atoms with Crippen molar-refractivity contribution in [2.24, 2.45) is 4.99 Å². The number of piperazine rings is 1. The Morgan fingerprint density at radius 2 is 1.45 bits per heavy atom. The number of benzene rings is 2. The molecule has 7 nitrogen and oxygen atoms in total. The molecule has 0 unspecified atom stereocenters. The smallest absolute Gasteiger partial charge is 0.266 e. The van der Waals surface area contributed by atoms with Gasteiger partial charge in [0, 0.05) is 32.2 Å². The van der Waals surface area contributed by atoms with E-state index < -0.39 is 10.0 Å². The maximum Gasteiger partial charge on any atom is 0.266 e. The van der Waals surface area contributed by atoms with E-state index >= 15 is 0 Å². The van der Waals surface area contributed by atoms with E-state index in [-0.39, 0.29) is 10.6 Å². The number of guanidine groups is 1. The van der Waals surface area contributed by atoms with E-state index in [4.69, 9.17) is 0 Å². The predicted molar refractivity (Wildman–Crippen MR) is 121 cm³/mol. The molecule has 1 N–H and O–H groups in total. The van der Waals surface area contributed by atoms with Crippen LogP contribution in [0.25, 0.3) is 11.1 Å². The number of hydrogen-bond acceptors (Lipinski definition) is 6. The van der Waals surface area contributed by atoms with E-state index in [1.54, 1.807) is 24.3 Å². The highest BCUT2D eigenvalue weighted by Crippen LogP contribution is 2.28. The fraction of sp³-hybridized carbons (Fsp3) is 0.435. The van der Waals surface area contributed by atoms with Crippen molar-refractivity contribution in [3.8, 4) is 16.9 Å². The molecule has 31 heavy (non-hydrogen) atoms. The molecule has 2 aromatic carbocycles. The summed E-state index contributed by atoms with van der Waals surface area (Å²) in [6.45, 7) is 4.48. The molecule has 0 radical (unpaired) electrons. The fourth-order valence-electron chi connectivity index (χ4n) is 4.54. The highest BCUT2D eigenvalue weighted by atomic mass is 32.2. The Bertz CT molecular complexity index is 1060. The lowest BCUT2D eigenvalue weighted by Crippen LogP contribution is -2.56. The van der Waals surface area contributed by atoms with Gasteiger partial charge in [-0.25, -0.2) is 12.7 Å². The molecule has 5 rings (SSSR count). The van der Waals surface area contributed by atoms with Crippen molar-refractivity contribution in [3.63, 3.8) is 0 Å². The third-order valence-electron chi connectivity index (χ3n) is 6.61. The molecule has 0 aromatic heterocycles. The van der Waals surface area contributed by atoms with E-state index in [0.29, 0.717) is 19.0 Å². The highest BCUT2D eigenvalue weighted by Gasteiger charge is 2.36. The normalized spacial score (nSPS) is 20.6. The molecule has 0 atom stereocenters. The Morgan fingerprint density at radius 1 is 0.839 bits per heavy atom. The van der Waals surface area contributed by atoms with Gasteiger partial charge in [-0.2, -0.15) is 0 Å². The molecule has 2 aromatic rings. The lowest BCUT2D eigenvalue weighted by atomic mass is 9.91. The summed E-state index contributed by atoms with van der Waals surface area (Å²) >= 11 is 0. The first-order valence-corrected chi connectivity index (χ1v) is 12.4. The standard InChI is InChI=1S/C23H28N4O3S/c28-21-8-4-18(5-9-21)19-6-10-22(11-7-19)31(29,30)27-13-12-24-23(27)26-16-14-25(15-17-26)20-2-1-3-20/h4-11,20,28H,1-3,12-17H2. The van der Waals surface area contributed by atoms with Crippen molar-refractivity contribution in [1.29, 1.82) is 0 Å². The van der Waals surface area contributed by atoms with E-state index in [1.165, 1.54) is 23.6 Å². The van der Waals surface area contributed by atoms with Crippen LogP contribution in [0, 0.1) is 0 Å². The van der Waals surface area contributed by atoms with Gasteiger partial charge in [-0.05, 0) is 48.2 Å². The van der Waals surface area contributed by atoms with Gasteiger partial charge in [0.25, 0.3) is 10.0 Å². The molecule has 8 heteroatoms. The Morgan fingerprint density at radius 3 is 2.03 bits per heavy atom. The highest BCUT2D eigenvalue weighted by molar-refractivity contribution is 7.89. The Kier molecular flexibility index (Phi) is 5.35. The van der Waals surface area contributed by atoms with Gasteiger partial charge < -0.3 is 10.0 Å². The molecule has 164 valence electrons. The molecule has 1 aliphatic carbocycles. The monoisotopic (exact) mass is 440 g/mol. The summed E-state index contributed by atoms with van der Waals surface area (Å²) < 4.78 is 28.2. The van der Waals surface area contributed by atoms with Crippen molar-refractivity contribution < 1.29 is 13.5 Å². The van der Waals surface area contributed by atoms with Crippen LogP contribution in [0.3, 0.4) is 0 Å². The molecule has 0 amide bonds. The number of aliphatic imine (C=N–C) groups is 1. The van der Waals surface area contributed by atoms with Crippen molar-refractivity contribution in [3.05, 3.63) is 48.5 Å². The number of nitrogens with zero attached hydrogens (tertiary/aromatic N) is 4. The van der Waals surface area contributed by atoms with Crippen LogP contribution in [-0.4, -0.2) is 78.9 Å². The molecule has 2 fully saturated rings. The Labute approximate surface area is 183 Å². The van der Waals surface area contributed by atoms with Crippen molar-refractivity contribution >= 4 is 16.0 Å². The lowest BCUT2D eigenvalue weighted by Gasteiger charge is -2.44. The van der Waals surface area contributed by atoms with Crippen LogP contribution in [0.15, 0.2) is 58.4 Å². The largest absolute Gasteiger partial charge is 0.508 e. The first-order chi connectivity index (χ1) is 15.0. The van der Waals surface area contributed by atoms with Gasteiger partial charge >= 0.3 is 0 Å². The van der Waals surface area contributed by atoms with Crippen molar-refractivity contribution in [2.75, 3.05) is 39.3 Å². The summed E-state index contributed by atoms with van der Waals surface area (Å²) in [5.41, 5.74) is 1.83. The molecule has 1 saturated heterocycles. The predicted octanol–water partition coefficient (Wildman–Crippen LogP) is 2.59. The molecule has 2 aliphatic heterocycles. The number of phenolic OH excluding ortho intramolecular Hbond substituents is 1. The minimum Gasteiger partial charge on any atom is -0.508 e. The molecular weight excluding hydrogens is 412 g/mol. The topological polar surface area (TPSA) is 76.4 Å². The van der Waals surface area contributed by atoms with Gasteiger partial charge in [0.1, 0.15) is 5.75 Å². The van der Waals surface area contributed by atoms with Gasteiger partial charge in [0.2, 0.25) is 5.96 Å². The van der Waals surface area contributed by atoms with Crippen molar-refractivity contribution in [1.82, 2.24) is 14.1 Å². The summed E-state index contributed by atoms with van der Waals surface area (Å²) in [5, 5.41) is 9.46. The number of rotatable bonds is 4. The molecule has 0 spiro atoms. The fourth-order valence-corrected chi connectivity index (χ4v) is 5.99. The van der Waals surface area contributed by atoms with Crippen LogP contribution in [0.1, 0.15) is 19.3 Å². The van der Waals surface area contributed by atoms with E-state index in [1.807, 2.05) is 24.3 Å². The third-order valence-corrected chi connectivity index (χ3v) is 8.40. The number of aromatic hydroxyl groups is 1. The zero-order valence-electron chi connectivity index (χ0n) is 17.5. The zero-order chi connectivity index (χ0) is 21.4. The Balaban J connectivity index is 1.30. The second kappa shape index (κ2) is 8.16. The van der Waals surface area contributed by atoms with Crippen LogP contribution in [0.2, 0.25) is 0 Å². The second-order valence-corrected chi connectivity index (χ2v) is 10.3. The molecular formula is C23H28N4O3S. The average molecular weight is 441 g/mol. The summed E-state index contributed by atoms with van der Waals surface area (Å²) in [7, 11) is -3.66. The molecule has 2 heterocycles. The van der Waals surface area contributed by atoms with Gasteiger partial charge in [0.15, 0.2) is 0 Å². The minimum atomic E-state index is -3.66. The van der Waals surface area contributed by atoms with Gasteiger partial charge in [-0.15, -0.1) is 0 Å². The van der Waals surface area contributed by atoms with E-state index in [0.717, 1.165) is 43.3 Å². The molecule has 1 saturated carbocycles. The zero-order valence-corrected chi connectivity index (χ0v) is 18.3. The van der Waals surface area contributed by atoms with Crippen LogP contribution < -0.4 is 0 Å². The molecule has 3 aliphatic rings. The first kappa shape index (κ1) is 20.3. The summed E-state index contributed by atoms with van der Waals surface area (Å²) in [4.78, 5) is 9.50. The average Bonchev–Trinajstić information content (AvgIpc) is 3.25. The van der Waals surface area contributed by atoms with Crippen LogP contribution in [-0.2, 0) is 10.0 Å². The SMILES string of the molecule is O=S(=O)(c1ccc(-c2ccc(O)cc2)cc1)N1CCN=C1N1CCN(C2CCC2)CC1. The number of hydrogen-bond donors (Lipinski definition) is 1. The summed E-state index contributed by atoms with van der Waals surface area (Å²) in [6.07, 6.45) is 3.92. The first-order valence-electron chi connectivity index (χ1n) is 11.0. The maximum absolute atomic E-state index is 13.4. The summed E-state index contributed by atoms with van der Waals surface area (Å²) in [6, 6.07) is 14.5. The van der Waals surface area contributed by atoms with E-state index in [2.05, 4.69) is 14.8 Å². The maximum atomic E-state index is 13.4.